The average Bonchev–Trinajstić information content (AvgIpc) is 3.11. The molecule has 0 aliphatic heterocycles. The maximum atomic E-state index is 13.0. The second-order valence-electron chi connectivity index (χ2n) is 6.52. The van der Waals surface area contributed by atoms with Crippen molar-refractivity contribution in [2.45, 2.75) is 4.90 Å². The minimum atomic E-state index is -0.178. The topological polar surface area (TPSA) is 45.7 Å². The molecular formula is C20H22Cl3N3O2S2. The van der Waals surface area contributed by atoms with Gasteiger partial charge in [0, 0.05) is 23.0 Å². The van der Waals surface area contributed by atoms with Crippen LogP contribution in [0, 0.1) is 0 Å². The molecule has 10 heteroatoms. The number of rotatable bonds is 8. The summed E-state index contributed by atoms with van der Waals surface area (Å²) in [5.74, 6) is 0.244. The highest BCUT2D eigenvalue weighted by atomic mass is 35.5. The molecule has 2 aromatic carbocycles. The highest BCUT2D eigenvalue weighted by Gasteiger charge is 2.21. The third-order valence-electron chi connectivity index (χ3n) is 4.14. The number of anilines is 1. The highest BCUT2D eigenvalue weighted by Crippen LogP contribution is 2.34. The number of carbonyl (C=O) groups is 1. The van der Waals surface area contributed by atoms with Crippen molar-refractivity contribution in [3.8, 4) is 5.75 Å². The molecule has 3 aromatic rings. The summed E-state index contributed by atoms with van der Waals surface area (Å²) in [4.78, 5) is 22.6. The minimum absolute atomic E-state index is 0. The van der Waals surface area contributed by atoms with E-state index >= 15 is 0 Å². The Morgan fingerprint density at radius 3 is 2.63 bits per heavy atom. The van der Waals surface area contributed by atoms with Gasteiger partial charge in [0.25, 0.3) is 5.91 Å². The molecular weight excluding hydrogens is 485 g/mol. The molecule has 0 unspecified atom stereocenters. The van der Waals surface area contributed by atoms with Gasteiger partial charge in [0.2, 0.25) is 0 Å². The fourth-order valence-electron chi connectivity index (χ4n) is 2.63. The van der Waals surface area contributed by atoms with Gasteiger partial charge in [-0.3, -0.25) is 9.69 Å². The molecule has 0 N–H and O–H groups in total. The number of para-hydroxylation sites is 1. The maximum absolute atomic E-state index is 13.0. The van der Waals surface area contributed by atoms with Crippen LogP contribution in [0.1, 0.15) is 0 Å². The Balaban J connectivity index is 0.00000320. The lowest BCUT2D eigenvalue weighted by atomic mass is 10.3. The van der Waals surface area contributed by atoms with Gasteiger partial charge >= 0.3 is 0 Å². The van der Waals surface area contributed by atoms with E-state index in [9.17, 15) is 4.79 Å². The summed E-state index contributed by atoms with van der Waals surface area (Å²) in [7, 11) is 3.94. The lowest BCUT2D eigenvalue weighted by Gasteiger charge is -2.22. The van der Waals surface area contributed by atoms with Gasteiger partial charge < -0.3 is 9.64 Å². The number of aromatic nitrogens is 1. The Morgan fingerprint density at radius 1 is 1.20 bits per heavy atom. The van der Waals surface area contributed by atoms with Crippen molar-refractivity contribution in [1.82, 2.24) is 9.88 Å². The van der Waals surface area contributed by atoms with Gasteiger partial charge in [-0.05, 0) is 50.7 Å². The van der Waals surface area contributed by atoms with Crippen molar-refractivity contribution >= 4 is 80.0 Å². The molecule has 30 heavy (non-hydrogen) atoms. The van der Waals surface area contributed by atoms with Crippen LogP contribution in [0.25, 0.3) is 10.2 Å². The van der Waals surface area contributed by atoms with Crippen molar-refractivity contribution in [1.29, 1.82) is 0 Å². The molecule has 0 fully saturated rings. The van der Waals surface area contributed by atoms with Gasteiger partial charge in [-0.15, -0.1) is 24.2 Å². The van der Waals surface area contributed by atoms with Gasteiger partial charge in [0.15, 0.2) is 11.7 Å². The van der Waals surface area contributed by atoms with Crippen molar-refractivity contribution in [2.24, 2.45) is 0 Å². The van der Waals surface area contributed by atoms with Crippen LogP contribution >= 0.6 is 58.7 Å². The van der Waals surface area contributed by atoms with E-state index in [4.69, 9.17) is 32.9 Å². The fraction of sp³-hybridized carbons (Fsp3) is 0.300. The fourth-order valence-corrected chi connectivity index (χ4v) is 4.76. The molecule has 1 amide bonds. The van der Waals surface area contributed by atoms with Crippen LogP contribution in [-0.2, 0) is 4.79 Å². The molecule has 0 atom stereocenters. The summed E-state index contributed by atoms with van der Waals surface area (Å²) < 4.78 is 6.71. The quantitative estimate of drug-likeness (QED) is 0.366. The number of nitrogens with zero attached hydrogens (tertiary/aromatic N) is 3. The summed E-state index contributed by atoms with van der Waals surface area (Å²) >= 11 is 15.2. The van der Waals surface area contributed by atoms with Gasteiger partial charge in [-0.1, -0.05) is 40.6 Å². The Labute approximate surface area is 200 Å². The zero-order valence-electron chi connectivity index (χ0n) is 16.7. The molecule has 1 heterocycles. The van der Waals surface area contributed by atoms with Crippen molar-refractivity contribution in [2.75, 3.05) is 44.9 Å². The molecule has 0 aliphatic carbocycles. The molecule has 3 rings (SSSR count). The normalized spacial score (nSPS) is 10.9. The van der Waals surface area contributed by atoms with Crippen LogP contribution < -0.4 is 9.64 Å². The zero-order chi connectivity index (χ0) is 21.0. The van der Waals surface area contributed by atoms with Crippen LogP contribution in [0.3, 0.4) is 0 Å². The first kappa shape index (κ1) is 25.0. The lowest BCUT2D eigenvalue weighted by molar-refractivity contribution is -0.120. The molecule has 5 nitrogen and oxygen atoms in total. The van der Waals surface area contributed by atoms with Crippen molar-refractivity contribution in [3.63, 3.8) is 0 Å². The maximum Gasteiger partial charge on any atom is 0.266 e. The number of ether oxygens (including phenoxy) is 1. The average molecular weight is 507 g/mol. The Kier molecular flexibility index (Phi) is 9.53. The van der Waals surface area contributed by atoms with Gasteiger partial charge in [0.05, 0.1) is 15.2 Å². The third kappa shape index (κ3) is 6.15. The molecule has 1 aromatic heterocycles. The van der Waals surface area contributed by atoms with Gasteiger partial charge in [0.1, 0.15) is 5.75 Å². The molecule has 162 valence electrons. The van der Waals surface area contributed by atoms with E-state index in [0.717, 1.165) is 15.1 Å². The summed E-state index contributed by atoms with van der Waals surface area (Å²) in [6, 6.07) is 11.0. The molecule has 0 saturated heterocycles. The third-order valence-corrected chi connectivity index (χ3v) is 6.48. The van der Waals surface area contributed by atoms with E-state index in [1.54, 1.807) is 34.9 Å². The SMILES string of the molecule is CSc1cccc2sc(N(CCN(C)C)C(=O)COc3ccc(Cl)cc3Cl)nc12.Cl. The standard InChI is InChI=1S/C20H21Cl2N3O2S2.ClH/c1-24(2)9-10-25(18(26)12-27-15-8-7-13(21)11-14(15)22)20-23-19-16(28-3)5-4-6-17(19)29-20;/h4-8,11H,9-10,12H2,1-3H3;1H. The predicted octanol–water partition coefficient (Wildman–Crippen LogP) is 5.72. The Morgan fingerprint density at radius 2 is 1.97 bits per heavy atom. The first-order chi connectivity index (χ1) is 13.9. The highest BCUT2D eigenvalue weighted by molar-refractivity contribution is 7.98. The molecule has 0 radical (unpaired) electrons. The lowest BCUT2D eigenvalue weighted by Crippen LogP contribution is -2.39. The number of thiazole rings is 1. The second kappa shape index (κ2) is 11.4. The van der Waals surface area contributed by atoms with E-state index in [1.165, 1.54) is 11.3 Å². The van der Waals surface area contributed by atoms with Crippen LogP contribution in [0.4, 0.5) is 5.13 Å². The van der Waals surface area contributed by atoms with Crippen LogP contribution in [-0.4, -0.2) is 55.8 Å². The first-order valence-electron chi connectivity index (χ1n) is 8.85. The number of amides is 1. The van der Waals surface area contributed by atoms with Crippen LogP contribution in [0.2, 0.25) is 10.0 Å². The summed E-state index contributed by atoms with van der Waals surface area (Å²) in [6.07, 6.45) is 2.02. The second-order valence-corrected chi connectivity index (χ2v) is 9.22. The van der Waals surface area contributed by atoms with Gasteiger partial charge in [-0.25, -0.2) is 4.98 Å². The monoisotopic (exact) mass is 505 g/mol. The number of likely N-dealkylation sites (N-methyl/N-ethyl adjacent to an activating group) is 1. The summed E-state index contributed by atoms with van der Waals surface area (Å²) in [5.41, 5.74) is 0.921. The predicted molar refractivity (Wildman–Crippen MR) is 132 cm³/mol. The molecule has 0 spiro atoms. The number of hydrogen-bond donors (Lipinski definition) is 0. The number of thioether (sulfide) groups is 1. The van der Waals surface area contributed by atoms with E-state index in [0.29, 0.717) is 34.0 Å². The van der Waals surface area contributed by atoms with Crippen molar-refractivity contribution < 1.29 is 9.53 Å². The number of fused-ring (bicyclic) bond motifs is 1. The molecule has 0 bridgehead atoms. The van der Waals surface area contributed by atoms with E-state index < -0.39 is 0 Å². The van der Waals surface area contributed by atoms with E-state index in [2.05, 4.69) is 0 Å². The smallest absolute Gasteiger partial charge is 0.266 e. The van der Waals surface area contributed by atoms with E-state index in [-0.39, 0.29) is 24.9 Å². The Hall–Kier alpha value is -1.22. The zero-order valence-corrected chi connectivity index (χ0v) is 20.7. The van der Waals surface area contributed by atoms with Crippen LogP contribution in [0.15, 0.2) is 41.3 Å². The summed E-state index contributed by atoms with van der Waals surface area (Å²) in [6.45, 7) is 1.08. The van der Waals surface area contributed by atoms with Crippen molar-refractivity contribution in [3.05, 3.63) is 46.4 Å². The van der Waals surface area contributed by atoms with E-state index in [1.807, 2.05) is 43.5 Å². The first-order valence-corrected chi connectivity index (χ1v) is 11.6. The molecule has 0 saturated carbocycles. The van der Waals surface area contributed by atoms with Crippen LogP contribution in [0.5, 0.6) is 5.75 Å². The number of benzene rings is 2. The largest absolute Gasteiger partial charge is 0.482 e. The van der Waals surface area contributed by atoms with Gasteiger partial charge in [-0.2, -0.15) is 0 Å². The number of hydrogen-bond acceptors (Lipinski definition) is 6. The summed E-state index contributed by atoms with van der Waals surface area (Å²) in [5, 5.41) is 1.55. The number of carbonyl (C=O) groups excluding carboxylic acids is 1. The Bertz CT molecular complexity index is 1010. The number of halogens is 3. The minimum Gasteiger partial charge on any atom is -0.482 e. The molecule has 0 aliphatic rings.